The second kappa shape index (κ2) is 7.02. The number of aliphatic hydroxyl groups is 1. The summed E-state index contributed by atoms with van der Waals surface area (Å²) in [5.74, 6) is 0. The van der Waals surface area contributed by atoms with Crippen molar-refractivity contribution in [3.63, 3.8) is 0 Å². The quantitative estimate of drug-likeness (QED) is 0.734. The van der Waals surface area contributed by atoms with Crippen LogP contribution in [0.1, 0.15) is 32.0 Å². The number of urea groups is 1. The summed E-state index contributed by atoms with van der Waals surface area (Å²) in [6.07, 6.45) is 7.37. The highest BCUT2D eigenvalue weighted by Gasteiger charge is 2.25. The first-order valence-electron chi connectivity index (χ1n) is 8.15. The van der Waals surface area contributed by atoms with E-state index >= 15 is 0 Å². The van der Waals surface area contributed by atoms with E-state index in [-0.39, 0.29) is 0 Å². The number of primary amides is 1. The van der Waals surface area contributed by atoms with Crippen molar-refractivity contribution in [3.8, 4) is 11.3 Å². The molecule has 1 aliphatic rings. The minimum Gasteiger partial charge on any atom is -0.360 e. The van der Waals surface area contributed by atoms with Crippen LogP contribution in [0.2, 0.25) is 0 Å². The van der Waals surface area contributed by atoms with E-state index in [2.05, 4.69) is 10.3 Å². The molecule has 1 saturated carbocycles. The predicted octanol–water partition coefficient (Wildman–Crippen LogP) is 2.36. The largest absolute Gasteiger partial charge is 0.360 e. The molecule has 0 saturated heterocycles. The van der Waals surface area contributed by atoms with E-state index in [1.165, 1.54) is 12.8 Å². The van der Waals surface area contributed by atoms with Gasteiger partial charge in [0.2, 0.25) is 0 Å². The van der Waals surface area contributed by atoms with Gasteiger partial charge < -0.3 is 16.2 Å². The topological polar surface area (TPSA) is 96.4 Å². The van der Waals surface area contributed by atoms with E-state index in [9.17, 15) is 9.90 Å². The SMILES string of the molecule is CN(C1CCCC1)C(O)n1cnc(-c2cccc(NC(N)=O)c2)c1. The Balaban J connectivity index is 1.76. The van der Waals surface area contributed by atoms with Crippen molar-refractivity contribution in [2.45, 2.75) is 38.1 Å². The van der Waals surface area contributed by atoms with E-state index in [4.69, 9.17) is 5.73 Å². The second-order valence-corrected chi connectivity index (χ2v) is 6.23. The van der Waals surface area contributed by atoms with E-state index in [0.29, 0.717) is 11.7 Å². The summed E-state index contributed by atoms with van der Waals surface area (Å²) in [7, 11) is 1.94. The number of aliphatic hydroxyl groups excluding tert-OH is 1. The molecular formula is C17H23N5O2. The number of nitrogens with one attached hydrogen (secondary N) is 1. The molecule has 3 rings (SSSR count). The summed E-state index contributed by atoms with van der Waals surface area (Å²) < 4.78 is 1.70. The van der Waals surface area contributed by atoms with Gasteiger partial charge in [0.05, 0.1) is 12.0 Å². The minimum absolute atomic E-state index is 0.411. The Morgan fingerprint density at radius 2 is 2.21 bits per heavy atom. The van der Waals surface area contributed by atoms with Crippen molar-refractivity contribution in [1.82, 2.24) is 14.5 Å². The number of nitrogens with two attached hydrogens (primary N) is 1. The molecule has 2 amide bonds. The van der Waals surface area contributed by atoms with Crippen LogP contribution in [-0.4, -0.2) is 38.7 Å². The molecule has 7 nitrogen and oxygen atoms in total. The molecule has 1 unspecified atom stereocenters. The van der Waals surface area contributed by atoms with Crippen molar-refractivity contribution in [1.29, 1.82) is 0 Å². The van der Waals surface area contributed by atoms with Crippen LogP contribution < -0.4 is 11.1 Å². The number of amides is 2. The third-order valence-electron chi connectivity index (χ3n) is 4.56. The molecule has 1 aromatic heterocycles. The third kappa shape index (κ3) is 3.58. The number of nitrogens with zero attached hydrogens (tertiary/aromatic N) is 3. The van der Waals surface area contributed by atoms with Crippen LogP contribution in [-0.2, 0) is 0 Å². The number of benzene rings is 1. The van der Waals surface area contributed by atoms with Crippen LogP contribution in [0.25, 0.3) is 11.3 Å². The first-order valence-corrected chi connectivity index (χ1v) is 8.15. The van der Waals surface area contributed by atoms with Crippen molar-refractivity contribution in [3.05, 3.63) is 36.8 Å². The lowest BCUT2D eigenvalue weighted by atomic mass is 10.1. The van der Waals surface area contributed by atoms with Gasteiger partial charge in [0.1, 0.15) is 0 Å². The molecule has 1 heterocycles. The lowest BCUT2D eigenvalue weighted by molar-refractivity contribution is -0.0613. The number of anilines is 1. The number of rotatable bonds is 5. The Morgan fingerprint density at radius 3 is 2.92 bits per heavy atom. The number of hydrogen-bond acceptors (Lipinski definition) is 4. The zero-order valence-electron chi connectivity index (χ0n) is 13.7. The zero-order chi connectivity index (χ0) is 17.1. The lowest BCUT2D eigenvalue weighted by Gasteiger charge is -2.29. The van der Waals surface area contributed by atoms with Gasteiger partial charge in [-0.1, -0.05) is 25.0 Å². The fraction of sp³-hybridized carbons (Fsp3) is 0.412. The standard InChI is InChI=1S/C17H23N5O2/c1-21(14-7-2-3-8-14)17(24)22-10-15(19-11-22)12-5-4-6-13(9-12)20-16(18)23/h4-6,9-11,14,17,24H,2-3,7-8H2,1H3,(H3,18,20,23). The molecule has 1 aromatic carbocycles. The molecule has 1 aliphatic carbocycles. The van der Waals surface area contributed by atoms with Gasteiger partial charge in [0.15, 0.2) is 6.35 Å². The highest BCUT2D eigenvalue weighted by molar-refractivity contribution is 5.88. The average Bonchev–Trinajstić information content (AvgIpc) is 3.25. The number of hydrogen-bond donors (Lipinski definition) is 3. The highest BCUT2D eigenvalue weighted by Crippen LogP contribution is 2.27. The fourth-order valence-electron chi connectivity index (χ4n) is 3.22. The van der Waals surface area contributed by atoms with E-state index in [1.807, 2.05) is 24.1 Å². The normalized spacial score (nSPS) is 16.5. The molecular weight excluding hydrogens is 306 g/mol. The Bertz CT molecular complexity index is 709. The summed E-state index contributed by atoms with van der Waals surface area (Å²) >= 11 is 0. The van der Waals surface area contributed by atoms with E-state index in [1.54, 1.807) is 29.2 Å². The van der Waals surface area contributed by atoms with Gasteiger partial charge in [-0.15, -0.1) is 0 Å². The zero-order valence-corrected chi connectivity index (χ0v) is 13.7. The molecule has 2 aromatic rings. The van der Waals surface area contributed by atoms with Crippen LogP contribution in [0.3, 0.4) is 0 Å². The fourth-order valence-corrected chi connectivity index (χ4v) is 3.22. The second-order valence-electron chi connectivity index (χ2n) is 6.23. The summed E-state index contributed by atoms with van der Waals surface area (Å²) in [5, 5.41) is 13.1. The highest BCUT2D eigenvalue weighted by atomic mass is 16.3. The van der Waals surface area contributed by atoms with Crippen molar-refractivity contribution >= 4 is 11.7 Å². The number of carbonyl (C=O) groups excluding carboxylic acids is 1. The predicted molar refractivity (Wildman–Crippen MR) is 92.1 cm³/mol. The smallest absolute Gasteiger partial charge is 0.316 e. The van der Waals surface area contributed by atoms with Gasteiger partial charge in [-0.3, -0.25) is 9.47 Å². The summed E-state index contributed by atoms with van der Waals surface area (Å²) in [5.41, 5.74) is 7.32. The molecule has 1 fully saturated rings. The molecule has 0 radical (unpaired) electrons. The molecule has 7 heteroatoms. The number of imidazole rings is 1. The van der Waals surface area contributed by atoms with Gasteiger partial charge in [-0.25, -0.2) is 9.78 Å². The van der Waals surface area contributed by atoms with Gasteiger partial charge in [-0.2, -0.15) is 0 Å². The van der Waals surface area contributed by atoms with E-state index in [0.717, 1.165) is 24.1 Å². The molecule has 4 N–H and O–H groups in total. The molecule has 0 aliphatic heterocycles. The lowest BCUT2D eigenvalue weighted by Crippen LogP contribution is -2.35. The maximum Gasteiger partial charge on any atom is 0.316 e. The van der Waals surface area contributed by atoms with Crippen molar-refractivity contribution in [2.24, 2.45) is 5.73 Å². The van der Waals surface area contributed by atoms with Gasteiger partial charge in [0.25, 0.3) is 0 Å². The van der Waals surface area contributed by atoms with Crippen LogP contribution in [0.5, 0.6) is 0 Å². The maximum absolute atomic E-state index is 11.0. The summed E-state index contributed by atoms with van der Waals surface area (Å²) in [4.78, 5) is 17.3. The van der Waals surface area contributed by atoms with Crippen LogP contribution >= 0.6 is 0 Å². The molecule has 24 heavy (non-hydrogen) atoms. The van der Waals surface area contributed by atoms with Crippen LogP contribution in [0, 0.1) is 0 Å². The average molecular weight is 329 g/mol. The molecule has 0 spiro atoms. The van der Waals surface area contributed by atoms with Gasteiger partial charge in [-0.05, 0) is 32.0 Å². The molecule has 128 valence electrons. The van der Waals surface area contributed by atoms with Crippen molar-refractivity contribution < 1.29 is 9.90 Å². The number of aromatic nitrogens is 2. The Morgan fingerprint density at radius 1 is 1.46 bits per heavy atom. The Hall–Kier alpha value is -2.38. The minimum atomic E-state index is -0.735. The van der Waals surface area contributed by atoms with Crippen LogP contribution in [0.4, 0.5) is 10.5 Å². The summed E-state index contributed by atoms with van der Waals surface area (Å²) in [6.45, 7) is 0. The first kappa shape index (κ1) is 16.5. The third-order valence-corrected chi connectivity index (χ3v) is 4.56. The van der Waals surface area contributed by atoms with Gasteiger partial charge in [0, 0.05) is 23.5 Å². The monoisotopic (exact) mass is 329 g/mol. The van der Waals surface area contributed by atoms with E-state index < -0.39 is 12.4 Å². The first-order chi connectivity index (χ1) is 11.5. The Labute approximate surface area is 141 Å². The maximum atomic E-state index is 11.0. The molecule has 0 bridgehead atoms. The Kier molecular flexibility index (Phi) is 4.82. The number of carbonyl (C=O) groups is 1. The van der Waals surface area contributed by atoms with Crippen LogP contribution in [0.15, 0.2) is 36.8 Å². The van der Waals surface area contributed by atoms with Gasteiger partial charge >= 0.3 is 6.03 Å². The summed E-state index contributed by atoms with van der Waals surface area (Å²) in [6, 6.07) is 7.07. The molecule has 1 atom stereocenters. The van der Waals surface area contributed by atoms with Crippen molar-refractivity contribution in [2.75, 3.05) is 12.4 Å².